The van der Waals surface area contributed by atoms with Crippen molar-refractivity contribution in [3.63, 3.8) is 0 Å². The first kappa shape index (κ1) is 23.0. The van der Waals surface area contributed by atoms with Crippen molar-refractivity contribution >= 4 is 38.6 Å². The predicted octanol–water partition coefficient (Wildman–Crippen LogP) is 3.50. The molecular weight excluding hydrogens is 468 g/mol. The summed E-state index contributed by atoms with van der Waals surface area (Å²) < 4.78 is 28.3. The molecule has 9 heteroatoms. The Balaban J connectivity index is 1.30. The second kappa shape index (κ2) is 9.50. The fourth-order valence-electron chi connectivity index (χ4n) is 4.49. The van der Waals surface area contributed by atoms with E-state index in [2.05, 4.69) is 22.2 Å². The summed E-state index contributed by atoms with van der Waals surface area (Å²) in [6, 6.07) is 17.2. The molecule has 2 aliphatic rings. The topological polar surface area (TPSA) is 73.0 Å². The lowest BCUT2D eigenvalue weighted by Crippen LogP contribution is -2.44. The Morgan fingerprint density at radius 3 is 2.35 bits per heavy atom. The van der Waals surface area contributed by atoms with Gasteiger partial charge in [-0.25, -0.2) is 8.42 Å². The van der Waals surface area contributed by atoms with E-state index in [1.165, 1.54) is 15.9 Å². The van der Waals surface area contributed by atoms with E-state index in [-0.39, 0.29) is 9.77 Å². The fourth-order valence-corrected chi connectivity index (χ4v) is 7.20. The molecule has 34 heavy (non-hydrogen) atoms. The molecule has 0 radical (unpaired) electrons. The number of likely N-dealkylation sites (N-methyl/N-ethyl adjacent to an activating group) is 1. The van der Waals surface area contributed by atoms with Crippen LogP contribution in [-0.4, -0.2) is 63.3 Å². The van der Waals surface area contributed by atoms with Gasteiger partial charge in [0.1, 0.15) is 9.77 Å². The number of piperazine rings is 1. The molecule has 1 fully saturated rings. The number of fused-ring (bicyclic) bond motifs is 1. The third-order valence-corrected chi connectivity index (χ3v) is 9.47. The molecule has 0 atom stereocenters. The van der Waals surface area contributed by atoms with Gasteiger partial charge in [0.05, 0.1) is 0 Å². The first-order valence-corrected chi connectivity index (χ1v) is 13.7. The minimum Gasteiger partial charge on any atom is -0.369 e. The third kappa shape index (κ3) is 4.61. The maximum Gasteiger partial charge on any atom is 0.267 e. The van der Waals surface area contributed by atoms with Crippen LogP contribution in [0, 0.1) is 0 Å². The van der Waals surface area contributed by atoms with Crippen molar-refractivity contribution in [2.24, 2.45) is 0 Å². The molecule has 1 saturated heterocycles. The summed E-state index contributed by atoms with van der Waals surface area (Å²) in [7, 11) is -1.66. The highest BCUT2D eigenvalue weighted by molar-refractivity contribution is 7.89. The Bertz CT molecular complexity index is 1280. The smallest absolute Gasteiger partial charge is 0.267 e. The Labute approximate surface area is 204 Å². The zero-order valence-corrected chi connectivity index (χ0v) is 20.7. The Kier molecular flexibility index (Phi) is 6.44. The molecule has 1 N–H and O–H groups in total. The summed E-state index contributed by atoms with van der Waals surface area (Å²) in [5, 5.41) is 4.54. The molecule has 7 nitrogen and oxygen atoms in total. The number of carbonyl (C=O) groups excluding carboxylic acids is 1. The van der Waals surface area contributed by atoms with Crippen molar-refractivity contribution in [1.29, 1.82) is 0 Å². The van der Waals surface area contributed by atoms with Crippen LogP contribution < -0.4 is 10.2 Å². The molecule has 178 valence electrons. The van der Waals surface area contributed by atoms with Crippen LogP contribution in [0.3, 0.4) is 0 Å². The summed E-state index contributed by atoms with van der Waals surface area (Å²) in [5.41, 5.74) is 3.96. The molecule has 0 saturated carbocycles. The average Bonchev–Trinajstić information content (AvgIpc) is 3.36. The summed E-state index contributed by atoms with van der Waals surface area (Å²) in [6.45, 7) is 4.72. The number of thiophene rings is 1. The number of nitrogens with one attached hydrogen (secondary N) is 1. The molecule has 5 rings (SSSR count). The number of carbonyl (C=O) groups is 1. The van der Waals surface area contributed by atoms with Crippen LogP contribution in [0.4, 0.5) is 11.4 Å². The zero-order chi connectivity index (χ0) is 23.7. The standard InChI is InChI=1S/C25H28N4O3S2/c1-27-13-15-28(16-14-27)22-8-6-21(7-9-22)26-25(30)24-23(11-17-33-24)34(31,32)29-12-10-19-4-2-3-5-20(19)18-29/h2-9,11,17H,10,12-16,18H2,1H3,(H,26,30). The first-order chi connectivity index (χ1) is 16.4. The molecule has 3 aromatic rings. The van der Waals surface area contributed by atoms with Gasteiger partial charge in [-0.3, -0.25) is 4.79 Å². The van der Waals surface area contributed by atoms with Crippen molar-refractivity contribution in [2.75, 3.05) is 50.0 Å². The predicted molar refractivity (Wildman–Crippen MR) is 136 cm³/mol. The monoisotopic (exact) mass is 496 g/mol. The van der Waals surface area contributed by atoms with Crippen molar-refractivity contribution in [3.05, 3.63) is 76.0 Å². The van der Waals surface area contributed by atoms with Gasteiger partial charge < -0.3 is 15.1 Å². The molecule has 0 aliphatic carbocycles. The summed E-state index contributed by atoms with van der Waals surface area (Å²) in [6.07, 6.45) is 0.667. The first-order valence-electron chi connectivity index (χ1n) is 11.4. The van der Waals surface area contributed by atoms with E-state index in [4.69, 9.17) is 0 Å². The second-order valence-electron chi connectivity index (χ2n) is 8.76. The van der Waals surface area contributed by atoms with Crippen LogP contribution in [0.2, 0.25) is 0 Å². The van der Waals surface area contributed by atoms with Gasteiger partial charge in [-0.15, -0.1) is 11.3 Å². The lowest BCUT2D eigenvalue weighted by atomic mass is 10.0. The van der Waals surface area contributed by atoms with E-state index < -0.39 is 15.9 Å². The highest BCUT2D eigenvalue weighted by atomic mass is 32.2. The molecule has 0 bridgehead atoms. The summed E-state index contributed by atoms with van der Waals surface area (Å²) in [5.74, 6) is -0.404. The maximum atomic E-state index is 13.4. The maximum absolute atomic E-state index is 13.4. The molecule has 2 aliphatic heterocycles. The van der Waals surface area contributed by atoms with Gasteiger partial charge >= 0.3 is 0 Å². The van der Waals surface area contributed by atoms with Crippen LogP contribution in [0.25, 0.3) is 0 Å². The molecule has 0 unspecified atom stereocenters. The molecular formula is C25H28N4O3S2. The van der Waals surface area contributed by atoms with Gasteiger partial charge in [0.25, 0.3) is 5.91 Å². The highest BCUT2D eigenvalue weighted by Gasteiger charge is 2.32. The van der Waals surface area contributed by atoms with Gasteiger partial charge in [-0.2, -0.15) is 4.31 Å². The number of nitrogens with zero attached hydrogens (tertiary/aromatic N) is 3. The molecule has 2 aromatic carbocycles. The summed E-state index contributed by atoms with van der Waals surface area (Å²) >= 11 is 1.15. The van der Waals surface area contributed by atoms with Crippen molar-refractivity contribution in [1.82, 2.24) is 9.21 Å². The van der Waals surface area contributed by atoms with Crippen molar-refractivity contribution in [2.45, 2.75) is 17.9 Å². The SMILES string of the molecule is CN1CCN(c2ccc(NC(=O)c3sccc3S(=O)(=O)N3CCc4ccccc4C3)cc2)CC1. The number of amides is 1. The van der Waals surface area contributed by atoms with Crippen LogP contribution >= 0.6 is 11.3 Å². The van der Waals surface area contributed by atoms with E-state index in [1.807, 2.05) is 48.5 Å². The number of benzene rings is 2. The molecule has 0 spiro atoms. The lowest BCUT2D eigenvalue weighted by molar-refractivity contribution is 0.102. The normalized spacial score (nSPS) is 17.4. The van der Waals surface area contributed by atoms with Crippen molar-refractivity contribution < 1.29 is 13.2 Å². The van der Waals surface area contributed by atoms with Crippen LogP contribution in [0.15, 0.2) is 64.9 Å². The van der Waals surface area contributed by atoms with Gasteiger partial charge in [0, 0.05) is 50.6 Å². The number of rotatable bonds is 5. The van der Waals surface area contributed by atoms with Gasteiger partial charge in [-0.1, -0.05) is 24.3 Å². The summed E-state index contributed by atoms with van der Waals surface area (Å²) in [4.78, 5) is 18.0. The van der Waals surface area contributed by atoms with Crippen LogP contribution in [-0.2, 0) is 23.0 Å². The van der Waals surface area contributed by atoms with Crippen molar-refractivity contribution in [3.8, 4) is 0 Å². The average molecular weight is 497 g/mol. The van der Waals surface area contributed by atoms with Crippen LogP contribution in [0.1, 0.15) is 20.8 Å². The van der Waals surface area contributed by atoms with Gasteiger partial charge in [0.2, 0.25) is 10.0 Å². The fraction of sp³-hybridized carbons (Fsp3) is 0.320. The van der Waals surface area contributed by atoms with E-state index in [1.54, 1.807) is 5.38 Å². The third-order valence-electron chi connectivity index (χ3n) is 6.54. The molecule has 3 heterocycles. The Morgan fingerprint density at radius 2 is 1.62 bits per heavy atom. The second-order valence-corrected chi connectivity index (χ2v) is 11.6. The van der Waals surface area contributed by atoms with Crippen LogP contribution in [0.5, 0.6) is 0 Å². The Hall–Kier alpha value is -2.72. The zero-order valence-electron chi connectivity index (χ0n) is 19.1. The lowest BCUT2D eigenvalue weighted by Gasteiger charge is -2.34. The number of hydrogen-bond donors (Lipinski definition) is 1. The van der Waals surface area contributed by atoms with Gasteiger partial charge in [0.15, 0.2) is 0 Å². The minimum absolute atomic E-state index is 0.0726. The number of anilines is 2. The van der Waals surface area contributed by atoms with Gasteiger partial charge in [-0.05, 0) is 60.3 Å². The number of sulfonamides is 1. The van der Waals surface area contributed by atoms with E-state index >= 15 is 0 Å². The Morgan fingerprint density at radius 1 is 0.912 bits per heavy atom. The molecule has 1 aromatic heterocycles. The largest absolute Gasteiger partial charge is 0.369 e. The molecule has 1 amide bonds. The van der Waals surface area contributed by atoms with E-state index in [0.29, 0.717) is 25.2 Å². The quantitative estimate of drug-likeness (QED) is 0.585. The highest BCUT2D eigenvalue weighted by Crippen LogP contribution is 2.30. The minimum atomic E-state index is -3.78. The number of hydrogen-bond acceptors (Lipinski definition) is 6. The van der Waals surface area contributed by atoms with E-state index in [9.17, 15) is 13.2 Å². The van der Waals surface area contributed by atoms with E-state index in [0.717, 1.165) is 48.8 Å².